The molecule has 0 aliphatic heterocycles. The lowest BCUT2D eigenvalue weighted by atomic mass is 10.5. The molecule has 2 aromatic heterocycles. The van der Waals surface area contributed by atoms with Gasteiger partial charge in [0.1, 0.15) is 0 Å². The van der Waals surface area contributed by atoms with Crippen LogP contribution in [0.2, 0.25) is 0 Å². The minimum atomic E-state index is 0.505. The van der Waals surface area contributed by atoms with Crippen molar-refractivity contribution in [2.75, 3.05) is 0 Å². The molecule has 2 heterocycles. The van der Waals surface area contributed by atoms with Gasteiger partial charge in [-0.15, -0.1) is 0 Å². The Morgan fingerprint density at radius 2 is 2.45 bits per heavy atom. The molecule has 4 nitrogen and oxygen atoms in total. The van der Waals surface area contributed by atoms with Crippen molar-refractivity contribution >= 4 is 0 Å². The van der Waals surface area contributed by atoms with Crippen LogP contribution in [0.4, 0.5) is 0 Å². The molecule has 0 aliphatic carbocycles. The van der Waals surface area contributed by atoms with Crippen molar-refractivity contribution in [2.24, 2.45) is 0 Å². The molecule has 4 heteroatoms. The first-order chi connectivity index (χ1) is 5.47. The molecule has 0 aliphatic rings. The van der Waals surface area contributed by atoms with Crippen LogP contribution < -0.4 is 0 Å². The molecule has 2 rings (SSSR count). The van der Waals surface area contributed by atoms with Crippen molar-refractivity contribution < 1.29 is 4.42 Å². The highest BCUT2D eigenvalue weighted by molar-refractivity contribution is 5.42. The molecule has 0 saturated heterocycles. The summed E-state index contributed by atoms with van der Waals surface area (Å²) in [6.07, 6.45) is 7.15. The number of oxazole rings is 1. The van der Waals surface area contributed by atoms with Gasteiger partial charge >= 0.3 is 0 Å². The van der Waals surface area contributed by atoms with Gasteiger partial charge in [-0.3, -0.25) is 0 Å². The minimum Gasteiger partial charge on any atom is -0.440 e. The van der Waals surface area contributed by atoms with Gasteiger partial charge in [-0.1, -0.05) is 0 Å². The molecule has 0 saturated carbocycles. The summed E-state index contributed by atoms with van der Waals surface area (Å²) in [6, 6.07) is 1.62. The van der Waals surface area contributed by atoms with Crippen molar-refractivity contribution in [3.63, 3.8) is 0 Å². The van der Waals surface area contributed by atoms with E-state index in [1.54, 1.807) is 18.5 Å². The van der Waals surface area contributed by atoms with Gasteiger partial charge in [0.2, 0.25) is 0 Å². The molecule has 0 amide bonds. The Morgan fingerprint density at radius 1 is 1.45 bits per heavy atom. The number of rotatable bonds is 1. The van der Waals surface area contributed by atoms with Gasteiger partial charge in [0.15, 0.2) is 18.0 Å². The second-order valence-corrected chi connectivity index (χ2v) is 1.88. The van der Waals surface area contributed by atoms with E-state index in [9.17, 15) is 0 Å². The molecule has 0 spiro atoms. The standard InChI is InChI=1S/C7H4N3O/c1-2-9-7(10-3-1)6-4-8-5-11-6/h1-2,4-5H. The van der Waals surface area contributed by atoms with E-state index in [2.05, 4.69) is 21.1 Å². The van der Waals surface area contributed by atoms with E-state index >= 15 is 0 Å². The van der Waals surface area contributed by atoms with E-state index in [1.807, 2.05) is 0 Å². The largest absolute Gasteiger partial charge is 0.440 e. The van der Waals surface area contributed by atoms with Gasteiger partial charge in [-0.2, -0.15) is 0 Å². The van der Waals surface area contributed by atoms with E-state index < -0.39 is 0 Å². The smallest absolute Gasteiger partial charge is 0.197 e. The highest BCUT2D eigenvalue weighted by Gasteiger charge is 2.01. The van der Waals surface area contributed by atoms with Crippen molar-refractivity contribution in [1.29, 1.82) is 0 Å². The Balaban J connectivity index is 2.46. The van der Waals surface area contributed by atoms with Crippen LogP contribution in [0.1, 0.15) is 0 Å². The summed E-state index contributed by atoms with van der Waals surface area (Å²) >= 11 is 0. The Kier molecular flexibility index (Phi) is 1.37. The van der Waals surface area contributed by atoms with Gasteiger partial charge in [-0.05, 0) is 6.07 Å². The SMILES string of the molecule is [c]1ccnc(-c2cnco2)n1. The van der Waals surface area contributed by atoms with Crippen LogP contribution in [0.5, 0.6) is 0 Å². The van der Waals surface area contributed by atoms with Crippen molar-refractivity contribution in [1.82, 2.24) is 15.0 Å². The molecule has 0 bridgehead atoms. The van der Waals surface area contributed by atoms with Gasteiger partial charge in [0.25, 0.3) is 0 Å². The van der Waals surface area contributed by atoms with Crippen LogP contribution in [0.15, 0.2) is 29.3 Å². The van der Waals surface area contributed by atoms with Crippen LogP contribution in [0.25, 0.3) is 11.6 Å². The monoisotopic (exact) mass is 146 g/mol. The Hall–Kier alpha value is -1.71. The molecular formula is C7H4N3O. The summed E-state index contributed by atoms with van der Waals surface area (Å²) in [6.45, 7) is 0. The molecule has 53 valence electrons. The molecule has 1 radical (unpaired) electrons. The third-order valence-electron chi connectivity index (χ3n) is 1.17. The Morgan fingerprint density at radius 3 is 3.09 bits per heavy atom. The zero-order valence-electron chi connectivity index (χ0n) is 5.56. The van der Waals surface area contributed by atoms with Crippen LogP contribution >= 0.6 is 0 Å². The second-order valence-electron chi connectivity index (χ2n) is 1.88. The van der Waals surface area contributed by atoms with Crippen LogP contribution in [-0.2, 0) is 0 Å². The lowest BCUT2D eigenvalue weighted by Crippen LogP contribution is -1.83. The average Bonchev–Trinajstić information content (AvgIpc) is 2.58. The van der Waals surface area contributed by atoms with E-state index in [0.29, 0.717) is 11.6 Å². The minimum absolute atomic E-state index is 0.505. The summed E-state index contributed by atoms with van der Waals surface area (Å²) in [5, 5.41) is 0. The van der Waals surface area contributed by atoms with Gasteiger partial charge < -0.3 is 4.42 Å². The fourth-order valence-electron chi connectivity index (χ4n) is 0.713. The topological polar surface area (TPSA) is 51.8 Å². The number of hydrogen-bond acceptors (Lipinski definition) is 4. The molecule has 11 heavy (non-hydrogen) atoms. The van der Waals surface area contributed by atoms with Crippen molar-refractivity contribution in [2.45, 2.75) is 0 Å². The first-order valence-electron chi connectivity index (χ1n) is 3.05. The highest BCUT2D eigenvalue weighted by atomic mass is 16.3. The maximum absolute atomic E-state index is 4.96. The van der Waals surface area contributed by atoms with E-state index in [4.69, 9.17) is 4.42 Å². The predicted molar refractivity (Wildman–Crippen MR) is 36.4 cm³/mol. The highest BCUT2D eigenvalue weighted by Crippen LogP contribution is 2.10. The third-order valence-corrected chi connectivity index (χ3v) is 1.17. The van der Waals surface area contributed by atoms with Gasteiger partial charge in [-0.25, -0.2) is 15.0 Å². The second kappa shape index (κ2) is 2.49. The van der Waals surface area contributed by atoms with Gasteiger partial charge in [0, 0.05) is 6.20 Å². The maximum atomic E-state index is 4.96. The van der Waals surface area contributed by atoms with Gasteiger partial charge in [0.05, 0.1) is 12.4 Å². The lowest BCUT2D eigenvalue weighted by Gasteiger charge is -1.88. The number of nitrogens with zero attached hydrogens (tertiary/aromatic N) is 3. The number of aromatic nitrogens is 3. The normalized spacial score (nSPS) is 9.82. The summed E-state index contributed by atoms with van der Waals surface area (Å²) < 4.78 is 4.96. The summed E-state index contributed by atoms with van der Waals surface area (Å²) in [5.74, 6) is 1.06. The quantitative estimate of drug-likeness (QED) is 0.600. The molecule has 0 fully saturated rings. The van der Waals surface area contributed by atoms with E-state index in [-0.39, 0.29) is 0 Å². The molecule has 0 atom stereocenters. The molecule has 2 aromatic rings. The lowest BCUT2D eigenvalue weighted by molar-refractivity contribution is 0.567. The third kappa shape index (κ3) is 1.10. The Bertz CT molecular complexity index is 317. The molecule has 0 aromatic carbocycles. The summed E-state index contributed by atoms with van der Waals surface area (Å²) in [7, 11) is 0. The fourth-order valence-corrected chi connectivity index (χ4v) is 0.713. The molecule has 0 unspecified atom stereocenters. The van der Waals surface area contributed by atoms with Crippen molar-refractivity contribution in [3.8, 4) is 11.6 Å². The summed E-state index contributed by atoms with van der Waals surface area (Å²) in [4.78, 5) is 11.5. The summed E-state index contributed by atoms with van der Waals surface area (Å²) in [5.41, 5.74) is 0. The zero-order chi connectivity index (χ0) is 7.52. The zero-order valence-corrected chi connectivity index (χ0v) is 5.56. The first kappa shape index (κ1) is 6.03. The average molecular weight is 146 g/mol. The first-order valence-corrected chi connectivity index (χ1v) is 3.05. The van der Waals surface area contributed by atoms with Crippen LogP contribution in [-0.4, -0.2) is 15.0 Å². The van der Waals surface area contributed by atoms with Crippen LogP contribution in [0.3, 0.4) is 0 Å². The maximum Gasteiger partial charge on any atom is 0.197 e. The predicted octanol–water partition coefficient (Wildman–Crippen LogP) is 0.932. The van der Waals surface area contributed by atoms with Crippen LogP contribution in [0, 0.1) is 6.20 Å². The fraction of sp³-hybridized carbons (Fsp3) is 0. The van der Waals surface area contributed by atoms with E-state index in [0.717, 1.165) is 0 Å². The van der Waals surface area contributed by atoms with E-state index in [1.165, 1.54) is 6.39 Å². The Labute approximate surface area is 62.9 Å². The molecule has 0 N–H and O–H groups in total. The van der Waals surface area contributed by atoms with Crippen molar-refractivity contribution in [3.05, 3.63) is 31.1 Å². The number of hydrogen-bond donors (Lipinski definition) is 0. The molecular weight excluding hydrogens is 142 g/mol.